The molecular weight excluding hydrogens is 290 g/mol. The van der Waals surface area contributed by atoms with E-state index in [0.29, 0.717) is 12.3 Å². The normalized spacial score (nSPS) is 19.6. The van der Waals surface area contributed by atoms with E-state index < -0.39 is 0 Å². The fourth-order valence-corrected chi connectivity index (χ4v) is 3.04. The standard InChI is InChI=1S/C19H33NO3/c1-5-6-7-8-9-10-11-14(2)12-13-16(21)17-18(22)15(3)20(4)19(17)23/h14-15,22H,5-13H2,1-4H3/t14-,15-/m0/s1. The van der Waals surface area contributed by atoms with Gasteiger partial charge in [0.1, 0.15) is 11.3 Å². The number of rotatable bonds is 11. The number of aliphatic hydroxyl groups is 1. The van der Waals surface area contributed by atoms with E-state index in [4.69, 9.17) is 0 Å². The molecule has 1 aliphatic rings. The summed E-state index contributed by atoms with van der Waals surface area (Å²) in [6.07, 6.45) is 9.98. The average Bonchev–Trinajstić information content (AvgIpc) is 2.72. The lowest BCUT2D eigenvalue weighted by atomic mass is 9.94. The number of Topliss-reactive ketones (excluding diaryl/α,β-unsaturated/α-hetero) is 1. The summed E-state index contributed by atoms with van der Waals surface area (Å²) >= 11 is 0. The van der Waals surface area contributed by atoms with Crippen molar-refractivity contribution in [2.24, 2.45) is 5.92 Å². The van der Waals surface area contributed by atoms with Crippen LogP contribution in [0.1, 0.15) is 78.6 Å². The highest BCUT2D eigenvalue weighted by molar-refractivity contribution is 6.21. The molecule has 4 nitrogen and oxygen atoms in total. The van der Waals surface area contributed by atoms with E-state index in [9.17, 15) is 14.7 Å². The molecule has 0 spiro atoms. The van der Waals surface area contributed by atoms with Crippen molar-refractivity contribution in [3.8, 4) is 0 Å². The number of aliphatic hydroxyl groups excluding tert-OH is 1. The quantitative estimate of drug-likeness (QED) is 0.453. The molecule has 1 N–H and O–H groups in total. The Hall–Kier alpha value is -1.32. The van der Waals surface area contributed by atoms with Gasteiger partial charge in [0.2, 0.25) is 0 Å². The van der Waals surface area contributed by atoms with Crippen LogP contribution in [0.15, 0.2) is 11.3 Å². The predicted octanol–water partition coefficient (Wildman–Crippen LogP) is 4.40. The fraction of sp³-hybridized carbons (Fsp3) is 0.789. The summed E-state index contributed by atoms with van der Waals surface area (Å²) in [4.78, 5) is 25.7. The van der Waals surface area contributed by atoms with Gasteiger partial charge in [0.05, 0.1) is 6.04 Å². The number of likely N-dealkylation sites (N-methyl/N-ethyl adjacent to an activating group) is 1. The van der Waals surface area contributed by atoms with Gasteiger partial charge in [0, 0.05) is 13.5 Å². The Morgan fingerprint density at radius 3 is 2.35 bits per heavy atom. The van der Waals surface area contributed by atoms with Gasteiger partial charge in [-0.25, -0.2) is 0 Å². The molecule has 0 aliphatic carbocycles. The van der Waals surface area contributed by atoms with Crippen LogP contribution in [0.3, 0.4) is 0 Å². The van der Waals surface area contributed by atoms with E-state index in [0.717, 1.165) is 12.8 Å². The van der Waals surface area contributed by atoms with Gasteiger partial charge in [-0.1, -0.05) is 58.8 Å². The summed E-state index contributed by atoms with van der Waals surface area (Å²) in [5.74, 6) is -0.132. The molecule has 2 atom stereocenters. The lowest BCUT2D eigenvalue weighted by Gasteiger charge is -2.15. The smallest absolute Gasteiger partial charge is 0.261 e. The van der Waals surface area contributed by atoms with Gasteiger partial charge in [-0.05, 0) is 19.3 Å². The Bertz CT molecular complexity index is 442. The largest absolute Gasteiger partial charge is 0.509 e. The molecule has 132 valence electrons. The van der Waals surface area contributed by atoms with Crippen LogP contribution in [0, 0.1) is 5.92 Å². The Labute approximate surface area is 140 Å². The molecule has 4 heteroatoms. The molecule has 0 unspecified atom stereocenters. The topological polar surface area (TPSA) is 57.6 Å². The zero-order valence-corrected chi connectivity index (χ0v) is 15.2. The molecule has 1 aliphatic heterocycles. The highest BCUT2D eigenvalue weighted by atomic mass is 16.3. The van der Waals surface area contributed by atoms with Gasteiger partial charge in [-0.15, -0.1) is 0 Å². The van der Waals surface area contributed by atoms with Crippen molar-refractivity contribution >= 4 is 11.7 Å². The molecule has 0 aromatic heterocycles. The SMILES string of the molecule is CCCCCCCC[C@H](C)CCC(=O)C1=C(O)[C@H](C)N(C)C1=O. The number of hydrogen-bond acceptors (Lipinski definition) is 3. The number of amides is 1. The molecule has 0 radical (unpaired) electrons. The minimum absolute atomic E-state index is 0.00626. The van der Waals surface area contributed by atoms with E-state index >= 15 is 0 Å². The van der Waals surface area contributed by atoms with Crippen molar-refractivity contribution in [1.82, 2.24) is 4.90 Å². The van der Waals surface area contributed by atoms with E-state index in [1.165, 1.54) is 43.4 Å². The highest BCUT2D eigenvalue weighted by Gasteiger charge is 2.37. The lowest BCUT2D eigenvalue weighted by molar-refractivity contribution is -0.128. The molecule has 0 aromatic carbocycles. The van der Waals surface area contributed by atoms with Gasteiger partial charge in [-0.2, -0.15) is 0 Å². The molecule has 0 saturated carbocycles. The van der Waals surface area contributed by atoms with Crippen LogP contribution < -0.4 is 0 Å². The second-order valence-corrected chi connectivity index (χ2v) is 6.98. The van der Waals surface area contributed by atoms with Crippen molar-refractivity contribution in [3.05, 3.63) is 11.3 Å². The van der Waals surface area contributed by atoms with Crippen LogP contribution in [0.25, 0.3) is 0 Å². The summed E-state index contributed by atoms with van der Waals surface area (Å²) in [6, 6.07) is -0.387. The van der Waals surface area contributed by atoms with Crippen molar-refractivity contribution in [1.29, 1.82) is 0 Å². The van der Waals surface area contributed by atoms with Gasteiger partial charge in [0.25, 0.3) is 5.91 Å². The van der Waals surface area contributed by atoms with Gasteiger partial charge < -0.3 is 10.0 Å². The highest BCUT2D eigenvalue weighted by Crippen LogP contribution is 2.25. The molecule has 0 fully saturated rings. The molecule has 0 bridgehead atoms. The zero-order valence-electron chi connectivity index (χ0n) is 15.2. The fourth-order valence-electron chi connectivity index (χ4n) is 3.04. The molecule has 0 aromatic rings. The van der Waals surface area contributed by atoms with Crippen molar-refractivity contribution in [2.75, 3.05) is 7.05 Å². The summed E-state index contributed by atoms with van der Waals surface area (Å²) < 4.78 is 0. The first kappa shape index (κ1) is 19.7. The van der Waals surface area contributed by atoms with E-state index in [2.05, 4.69) is 13.8 Å². The minimum atomic E-state index is -0.387. The van der Waals surface area contributed by atoms with Gasteiger partial charge in [0.15, 0.2) is 5.78 Å². The summed E-state index contributed by atoms with van der Waals surface area (Å²) in [5.41, 5.74) is 0.00626. The maximum atomic E-state index is 12.2. The maximum absolute atomic E-state index is 12.2. The number of nitrogens with zero attached hydrogens (tertiary/aromatic N) is 1. The third kappa shape index (κ3) is 5.67. The van der Waals surface area contributed by atoms with Crippen LogP contribution in [-0.4, -0.2) is 34.8 Å². The predicted molar refractivity (Wildman–Crippen MR) is 93.3 cm³/mol. The average molecular weight is 323 g/mol. The maximum Gasteiger partial charge on any atom is 0.261 e. The van der Waals surface area contributed by atoms with Gasteiger partial charge in [-0.3, -0.25) is 9.59 Å². The van der Waals surface area contributed by atoms with Crippen LogP contribution in [-0.2, 0) is 9.59 Å². The molecule has 0 saturated heterocycles. The minimum Gasteiger partial charge on any atom is -0.509 e. The number of carbonyl (C=O) groups excluding carboxylic acids is 2. The number of ketones is 1. The third-order valence-electron chi connectivity index (χ3n) is 4.96. The monoisotopic (exact) mass is 323 g/mol. The Kier molecular flexibility index (Phi) is 8.35. The molecular formula is C19H33NO3. The molecule has 23 heavy (non-hydrogen) atoms. The third-order valence-corrected chi connectivity index (χ3v) is 4.96. The molecule has 1 amide bonds. The first-order valence-electron chi connectivity index (χ1n) is 9.13. The van der Waals surface area contributed by atoms with Gasteiger partial charge >= 0.3 is 0 Å². The van der Waals surface area contributed by atoms with E-state index in [1.807, 2.05) is 0 Å². The van der Waals surface area contributed by atoms with Crippen LogP contribution in [0.4, 0.5) is 0 Å². The Morgan fingerprint density at radius 1 is 1.17 bits per heavy atom. The second-order valence-electron chi connectivity index (χ2n) is 6.98. The Morgan fingerprint density at radius 2 is 1.78 bits per heavy atom. The van der Waals surface area contributed by atoms with Crippen molar-refractivity contribution in [3.63, 3.8) is 0 Å². The number of hydrogen-bond donors (Lipinski definition) is 1. The second kappa shape index (κ2) is 9.74. The van der Waals surface area contributed by atoms with E-state index in [1.54, 1.807) is 14.0 Å². The van der Waals surface area contributed by atoms with Crippen LogP contribution in [0.5, 0.6) is 0 Å². The Balaban J connectivity index is 2.29. The lowest BCUT2D eigenvalue weighted by Crippen LogP contribution is -2.30. The zero-order chi connectivity index (χ0) is 17.4. The molecule has 1 heterocycles. The van der Waals surface area contributed by atoms with E-state index in [-0.39, 0.29) is 29.1 Å². The van der Waals surface area contributed by atoms with Crippen LogP contribution in [0.2, 0.25) is 0 Å². The molecule has 1 rings (SSSR count). The first-order chi connectivity index (χ1) is 10.9. The van der Waals surface area contributed by atoms with Crippen molar-refractivity contribution < 1.29 is 14.7 Å². The van der Waals surface area contributed by atoms with Crippen molar-refractivity contribution in [2.45, 2.75) is 84.6 Å². The summed E-state index contributed by atoms with van der Waals surface area (Å²) in [7, 11) is 1.62. The number of carbonyl (C=O) groups is 2. The summed E-state index contributed by atoms with van der Waals surface area (Å²) in [5, 5.41) is 9.97. The first-order valence-corrected chi connectivity index (χ1v) is 9.13. The summed E-state index contributed by atoms with van der Waals surface area (Å²) in [6.45, 7) is 6.12. The van der Waals surface area contributed by atoms with Crippen LogP contribution >= 0.6 is 0 Å². The number of unbranched alkanes of at least 4 members (excludes halogenated alkanes) is 5.